The molecule has 1 saturated carbocycles. The molecule has 2 N–H and O–H groups in total. The van der Waals surface area contributed by atoms with Gasteiger partial charge in [-0.1, -0.05) is 17.8 Å². The lowest BCUT2D eigenvalue weighted by Gasteiger charge is -2.27. The van der Waals surface area contributed by atoms with E-state index in [2.05, 4.69) is 11.1 Å². The van der Waals surface area contributed by atoms with Crippen molar-refractivity contribution in [1.29, 1.82) is 0 Å². The van der Waals surface area contributed by atoms with E-state index in [-0.39, 0.29) is 10.8 Å². The third kappa shape index (κ3) is 4.36. The van der Waals surface area contributed by atoms with Crippen molar-refractivity contribution in [2.75, 3.05) is 5.75 Å². The van der Waals surface area contributed by atoms with E-state index in [9.17, 15) is 13.2 Å². The number of allylic oxidation sites excluding steroid dienone is 2. The summed E-state index contributed by atoms with van der Waals surface area (Å²) in [5, 5.41) is 5.96. The number of benzene rings is 1. The van der Waals surface area contributed by atoms with Crippen LogP contribution in [-0.2, 0) is 21.4 Å². The van der Waals surface area contributed by atoms with Crippen LogP contribution in [0.2, 0.25) is 0 Å². The summed E-state index contributed by atoms with van der Waals surface area (Å²) in [5.74, 6) is 0.449. The normalized spacial score (nSPS) is 17.4. The summed E-state index contributed by atoms with van der Waals surface area (Å²) in [7, 11) is -3.78. The Hall–Kier alpha value is -1.84. The smallest absolute Gasteiger partial charge is 0.238 e. The molecule has 2 aliphatic carbocycles. The summed E-state index contributed by atoms with van der Waals surface area (Å²) in [4.78, 5) is 19.7. The number of amides is 1. The molecule has 156 valence electrons. The quantitative estimate of drug-likeness (QED) is 0.675. The molecule has 0 saturated heterocycles. The summed E-state index contributed by atoms with van der Waals surface area (Å²) >= 11 is 1.41. The Bertz CT molecular complexity index is 1070. The van der Waals surface area contributed by atoms with E-state index in [1.807, 2.05) is 16.4 Å². The number of imidazole rings is 1. The zero-order valence-electron chi connectivity index (χ0n) is 16.5. The van der Waals surface area contributed by atoms with Gasteiger partial charge in [-0.2, -0.15) is 0 Å². The summed E-state index contributed by atoms with van der Waals surface area (Å²) < 4.78 is 25.3. The first kappa shape index (κ1) is 20.4. The van der Waals surface area contributed by atoms with Crippen molar-refractivity contribution >= 4 is 38.7 Å². The first-order valence-corrected chi connectivity index (χ1v) is 12.6. The standard InChI is InChI=1S/C20H26N4O3S2/c1-2-23-18-11-10-16(29(21,26)27)12-17(18)22-20(23)28-13-19(25)24(15-8-9-15)14-6-4-3-5-7-14/h6,10-12,15H,2-5,7-9,13H2,1H3,(H2,21,26,27). The predicted octanol–water partition coefficient (Wildman–Crippen LogP) is 3.24. The minimum atomic E-state index is -3.78. The Kier molecular flexibility index (Phi) is 5.72. The van der Waals surface area contributed by atoms with Crippen LogP contribution in [0.15, 0.2) is 40.0 Å². The molecule has 2 aliphatic rings. The molecule has 0 radical (unpaired) electrons. The maximum Gasteiger partial charge on any atom is 0.238 e. The number of nitrogens with two attached hydrogens (primary N) is 1. The van der Waals surface area contributed by atoms with Gasteiger partial charge in [-0.25, -0.2) is 18.5 Å². The van der Waals surface area contributed by atoms with Crippen molar-refractivity contribution in [3.8, 4) is 0 Å². The SMILES string of the molecule is CCn1c(SCC(=O)N(C2=CCCCC2)C2CC2)nc2cc(S(N)(=O)=O)ccc21. The van der Waals surface area contributed by atoms with Crippen LogP contribution < -0.4 is 5.14 Å². The van der Waals surface area contributed by atoms with E-state index < -0.39 is 10.0 Å². The Morgan fingerprint density at radius 2 is 2.14 bits per heavy atom. The lowest BCUT2D eigenvalue weighted by atomic mass is 10.0. The van der Waals surface area contributed by atoms with Gasteiger partial charge >= 0.3 is 0 Å². The Morgan fingerprint density at radius 3 is 2.76 bits per heavy atom. The number of rotatable bonds is 7. The van der Waals surface area contributed by atoms with Crippen molar-refractivity contribution in [3.05, 3.63) is 30.0 Å². The fourth-order valence-corrected chi connectivity index (χ4v) is 5.32. The molecule has 1 amide bonds. The molecular formula is C20H26N4O3S2. The molecule has 1 heterocycles. The summed E-state index contributed by atoms with van der Waals surface area (Å²) in [6.07, 6.45) is 8.77. The maximum absolute atomic E-state index is 13.0. The first-order chi connectivity index (χ1) is 13.9. The van der Waals surface area contributed by atoms with Crippen LogP contribution in [0.5, 0.6) is 0 Å². The van der Waals surface area contributed by atoms with Gasteiger partial charge in [0, 0.05) is 18.3 Å². The molecule has 1 aromatic heterocycles. The van der Waals surface area contributed by atoms with Gasteiger partial charge in [-0.05, 0) is 63.6 Å². The van der Waals surface area contributed by atoms with Gasteiger partial charge in [0.1, 0.15) is 0 Å². The zero-order valence-corrected chi connectivity index (χ0v) is 18.1. The topological polar surface area (TPSA) is 98.3 Å². The monoisotopic (exact) mass is 434 g/mol. The van der Waals surface area contributed by atoms with Crippen molar-refractivity contribution in [3.63, 3.8) is 0 Å². The summed E-state index contributed by atoms with van der Waals surface area (Å²) in [6, 6.07) is 5.07. The highest BCUT2D eigenvalue weighted by molar-refractivity contribution is 7.99. The van der Waals surface area contributed by atoms with Crippen LogP contribution in [-0.4, -0.2) is 40.6 Å². The molecule has 0 spiro atoms. The number of fused-ring (bicyclic) bond motifs is 1. The van der Waals surface area contributed by atoms with E-state index in [1.165, 1.54) is 36.0 Å². The van der Waals surface area contributed by atoms with Crippen LogP contribution in [0.3, 0.4) is 0 Å². The number of nitrogens with zero attached hydrogens (tertiary/aromatic N) is 3. The molecule has 4 rings (SSSR count). The minimum absolute atomic E-state index is 0.0440. The number of carbonyl (C=O) groups excluding carboxylic acids is 1. The number of aromatic nitrogens is 2. The van der Waals surface area contributed by atoms with Crippen LogP contribution >= 0.6 is 11.8 Å². The molecule has 2 aromatic rings. The van der Waals surface area contributed by atoms with E-state index in [1.54, 1.807) is 6.07 Å². The molecule has 0 bridgehead atoms. The molecular weight excluding hydrogens is 408 g/mol. The van der Waals surface area contributed by atoms with Gasteiger partial charge in [0.15, 0.2) is 5.16 Å². The number of thioether (sulfide) groups is 1. The van der Waals surface area contributed by atoms with E-state index in [0.717, 1.165) is 42.8 Å². The molecule has 1 fully saturated rings. The molecule has 29 heavy (non-hydrogen) atoms. The molecule has 7 nitrogen and oxygen atoms in total. The third-order valence-corrected chi connectivity index (χ3v) is 7.28. The van der Waals surface area contributed by atoms with E-state index in [4.69, 9.17) is 5.14 Å². The van der Waals surface area contributed by atoms with Crippen LogP contribution in [0.1, 0.15) is 45.4 Å². The molecule has 9 heteroatoms. The highest BCUT2D eigenvalue weighted by atomic mass is 32.2. The Balaban J connectivity index is 1.55. The predicted molar refractivity (Wildman–Crippen MR) is 114 cm³/mol. The fourth-order valence-electron chi connectivity index (χ4n) is 3.85. The second-order valence-electron chi connectivity index (χ2n) is 7.56. The van der Waals surface area contributed by atoms with Gasteiger partial charge in [-0.15, -0.1) is 0 Å². The van der Waals surface area contributed by atoms with E-state index in [0.29, 0.717) is 23.9 Å². The molecule has 0 atom stereocenters. The van der Waals surface area contributed by atoms with Gasteiger partial charge in [0.05, 0.1) is 21.7 Å². The number of primary sulfonamides is 1. The number of carbonyl (C=O) groups is 1. The zero-order chi connectivity index (χ0) is 20.6. The summed E-state index contributed by atoms with van der Waals surface area (Å²) in [6.45, 7) is 2.68. The number of aryl methyl sites for hydroxylation is 1. The van der Waals surface area contributed by atoms with Gasteiger partial charge in [0.25, 0.3) is 0 Å². The highest BCUT2D eigenvalue weighted by Gasteiger charge is 2.35. The fraction of sp³-hybridized carbons (Fsp3) is 0.500. The minimum Gasteiger partial charge on any atom is -0.319 e. The highest BCUT2D eigenvalue weighted by Crippen LogP contribution is 2.35. The maximum atomic E-state index is 13.0. The van der Waals surface area contributed by atoms with Crippen molar-refractivity contribution < 1.29 is 13.2 Å². The first-order valence-electron chi connectivity index (χ1n) is 10.1. The van der Waals surface area contributed by atoms with Crippen LogP contribution in [0.25, 0.3) is 11.0 Å². The van der Waals surface area contributed by atoms with E-state index >= 15 is 0 Å². The second kappa shape index (κ2) is 8.12. The molecule has 1 aromatic carbocycles. The summed E-state index contributed by atoms with van der Waals surface area (Å²) in [5.41, 5.74) is 2.59. The Labute approximate surface area is 175 Å². The van der Waals surface area contributed by atoms with Crippen molar-refractivity contribution in [1.82, 2.24) is 14.5 Å². The van der Waals surface area contributed by atoms with Crippen LogP contribution in [0, 0.1) is 0 Å². The van der Waals surface area contributed by atoms with Gasteiger partial charge < -0.3 is 9.47 Å². The Morgan fingerprint density at radius 1 is 1.34 bits per heavy atom. The lowest BCUT2D eigenvalue weighted by molar-refractivity contribution is -0.127. The average molecular weight is 435 g/mol. The van der Waals surface area contributed by atoms with Gasteiger partial charge in [0.2, 0.25) is 15.9 Å². The second-order valence-corrected chi connectivity index (χ2v) is 10.1. The number of hydrogen-bond acceptors (Lipinski definition) is 5. The van der Waals surface area contributed by atoms with Crippen LogP contribution in [0.4, 0.5) is 0 Å². The molecule has 0 unspecified atom stereocenters. The van der Waals surface area contributed by atoms with Crippen molar-refractivity contribution in [2.24, 2.45) is 5.14 Å². The van der Waals surface area contributed by atoms with Gasteiger partial charge in [-0.3, -0.25) is 4.79 Å². The molecule has 0 aliphatic heterocycles. The largest absolute Gasteiger partial charge is 0.319 e. The number of sulfonamides is 1. The lowest BCUT2D eigenvalue weighted by Crippen LogP contribution is -2.34. The average Bonchev–Trinajstić information content (AvgIpc) is 3.46. The third-order valence-electron chi connectivity index (χ3n) is 5.41. The van der Waals surface area contributed by atoms with Crippen molar-refractivity contribution in [2.45, 2.75) is 68.1 Å². The number of hydrogen-bond donors (Lipinski definition) is 1.